The molecule has 4 saturated heterocycles. The molecule has 0 aromatic heterocycles. The molecule has 4 fully saturated rings. The zero-order valence-corrected chi connectivity index (χ0v) is 10.3. The maximum atomic E-state index is 3.85. The minimum atomic E-state index is 0.803. The standard InChI is InChI=1S/C13H25N3/c1-5-14-6-2-11(1)9-15-13-10-16-7-3-12(13)4-8-16/h11-15H,1-10H2. The van der Waals surface area contributed by atoms with Crippen molar-refractivity contribution in [3.63, 3.8) is 0 Å². The van der Waals surface area contributed by atoms with E-state index in [1.165, 1.54) is 65.0 Å². The molecule has 4 heterocycles. The van der Waals surface area contributed by atoms with Crippen LogP contribution in [0.4, 0.5) is 0 Å². The Kier molecular flexibility index (Phi) is 3.46. The van der Waals surface area contributed by atoms with Gasteiger partial charge in [-0.1, -0.05) is 0 Å². The average molecular weight is 223 g/mol. The van der Waals surface area contributed by atoms with Gasteiger partial charge in [0.25, 0.3) is 0 Å². The number of nitrogens with one attached hydrogen (secondary N) is 2. The first-order chi connectivity index (χ1) is 7.92. The third kappa shape index (κ3) is 2.41. The molecule has 3 nitrogen and oxygen atoms in total. The quantitative estimate of drug-likeness (QED) is 0.736. The van der Waals surface area contributed by atoms with Gasteiger partial charge >= 0.3 is 0 Å². The van der Waals surface area contributed by atoms with Crippen molar-refractivity contribution in [2.75, 3.05) is 39.3 Å². The second-order valence-corrected chi connectivity index (χ2v) is 5.85. The lowest BCUT2D eigenvalue weighted by molar-refractivity contribution is 0.0700. The summed E-state index contributed by atoms with van der Waals surface area (Å²) in [6.07, 6.45) is 5.61. The van der Waals surface area contributed by atoms with E-state index in [2.05, 4.69) is 15.5 Å². The minimum absolute atomic E-state index is 0.803. The first kappa shape index (κ1) is 11.0. The third-order valence-electron chi connectivity index (χ3n) is 4.78. The van der Waals surface area contributed by atoms with Crippen molar-refractivity contribution in [2.24, 2.45) is 11.8 Å². The summed E-state index contributed by atoms with van der Waals surface area (Å²) in [6, 6.07) is 0.803. The average Bonchev–Trinajstić information content (AvgIpc) is 2.39. The van der Waals surface area contributed by atoms with E-state index in [0.717, 1.165) is 17.9 Å². The van der Waals surface area contributed by atoms with Crippen LogP contribution >= 0.6 is 0 Å². The number of rotatable bonds is 3. The van der Waals surface area contributed by atoms with Gasteiger partial charge in [-0.05, 0) is 70.2 Å². The van der Waals surface area contributed by atoms with Crippen LogP contribution < -0.4 is 10.6 Å². The van der Waals surface area contributed by atoms with E-state index in [4.69, 9.17) is 0 Å². The molecule has 4 aliphatic heterocycles. The molecule has 0 aromatic carbocycles. The Bertz CT molecular complexity index is 217. The van der Waals surface area contributed by atoms with E-state index in [1.807, 2.05) is 0 Å². The fourth-order valence-electron chi connectivity index (χ4n) is 3.60. The molecule has 1 atom stereocenters. The summed E-state index contributed by atoms with van der Waals surface area (Å²) in [5.74, 6) is 1.91. The Morgan fingerprint density at radius 3 is 2.44 bits per heavy atom. The smallest absolute Gasteiger partial charge is 0.0224 e. The van der Waals surface area contributed by atoms with E-state index in [-0.39, 0.29) is 0 Å². The zero-order chi connectivity index (χ0) is 10.8. The second-order valence-electron chi connectivity index (χ2n) is 5.85. The molecule has 0 amide bonds. The largest absolute Gasteiger partial charge is 0.317 e. The summed E-state index contributed by atoms with van der Waals surface area (Å²) >= 11 is 0. The molecule has 0 spiro atoms. The highest BCUT2D eigenvalue weighted by molar-refractivity contribution is 4.91. The van der Waals surface area contributed by atoms with Crippen molar-refractivity contribution < 1.29 is 0 Å². The summed E-state index contributed by atoms with van der Waals surface area (Å²) in [4.78, 5) is 2.64. The minimum Gasteiger partial charge on any atom is -0.317 e. The van der Waals surface area contributed by atoms with Crippen molar-refractivity contribution in [2.45, 2.75) is 31.7 Å². The molecule has 4 aliphatic rings. The first-order valence-corrected chi connectivity index (χ1v) is 7.08. The third-order valence-corrected chi connectivity index (χ3v) is 4.78. The Morgan fingerprint density at radius 2 is 1.81 bits per heavy atom. The van der Waals surface area contributed by atoms with Crippen LogP contribution in [0.1, 0.15) is 25.7 Å². The molecule has 16 heavy (non-hydrogen) atoms. The number of nitrogens with zero attached hydrogens (tertiary/aromatic N) is 1. The SMILES string of the molecule is C1CC(CNC2CN3CCC2CC3)CCN1. The number of hydrogen-bond acceptors (Lipinski definition) is 3. The van der Waals surface area contributed by atoms with Crippen molar-refractivity contribution in [3.05, 3.63) is 0 Å². The number of piperidine rings is 4. The molecule has 2 N–H and O–H groups in total. The van der Waals surface area contributed by atoms with Gasteiger partial charge in [0.15, 0.2) is 0 Å². The summed E-state index contributed by atoms with van der Waals surface area (Å²) in [5.41, 5.74) is 0. The van der Waals surface area contributed by atoms with Crippen LogP contribution in [0.15, 0.2) is 0 Å². The van der Waals surface area contributed by atoms with Crippen LogP contribution in [0.3, 0.4) is 0 Å². The Morgan fingerprint density at radius 1 is 1.06 bits per heavy atom. The maximum Gasteiger partial charge on any atom is 0.0224 e. The Balaban J connectivity index is 1.44. The van der Waals surface area contributed by atoms with Crippen LogP contribution in [0, 0.1) is 11.8 Å². The molecule has 2 bridgehead atoms. The molecule has 3 heteroatoms. The fraction of sp³-hybridized carbons (Fsp3) is 1.00. The first-order valence-electron chi connectivity index (χ1n) is 7.08. The topological polar surface area (TPSA) is 27.3 Å². The maximum absolute atomic E-state index is 3.85. The van der Waals surface area contributed by atoms with Crippen LogP contribution in [-0.2, 0) is 0 Å². The summed E-state index contributed by atoms with van der Waals surface area (Å²) in [7, 11) is 0. The molecule has 0 radical (unpaired) electrons. The molecular weight excluding hydrogens is 198 g/mol. The van der Waals surface area contributed by atoms with Crippen LogP contribution in [0.2, 0.25) is 0 Å². The number of hydrogen-bond donors (Lipinski definition) is 2. The lowest BCUT2D eigenvalue weighted by atomic mass is 9.83. The van der Waals surface area contributed by atoms with Gasteiger partial charge in [0.05, 0.1) is 0 Å². The van der Waals surface area contributed by atoms with Crippen molar-refractivity contribution in [1.82, 2.24) is 15.5 Å². The normalized spacial score (nSPS) is 40.1. The van der Waals surface area contributed by atoms with E-state index in [1.54, 1.807) is 0 Å². The molecule has 0 saturated carbocycles. The summed E-state index contributed by atoms with van der Waals surface area (Å²) < 4.78 is 0. The predicted molar refractivity (Wildman–Crippen MR) is 66.5 cm³/mol. The zero-order valence-electron chi connectivity index (χ0n) is 10.3. The Hall–Kier alpha value is -0.120. The molecule has 0 aliphatic carbocycles. The highest BCUT2D eigenvalue weighted by Crippen LogP contribution is 2.27. The van der Waals surface area contributed by atoms with Gasteiger partial charge in [0, 0.05) is 12.6 Å². The van der Waals surface area contributed by atoms with Crippen LogP contribution in [-0.4, -0.2) is 50.2 Å². The fourth-order valence-corrected chi connectivity index (χ4v) is 3.60. The van der Waals surface area contributed by atoms with Gasteiger partial charge in [0.1, 0.15) is 0 Å². The van der Waals surface area contributed by atoms with Gasteiger partial charge in [-0.2, -0.15) is 0 Å². The lowest BCUT2D eigenvalue weighted by Crippen LogP contribution is -2.56. The monoisotopic (exact) mass is 223 g/mol. The molecule has 4 rings (SSSR count). The van der Waals surface area contributed by atoms with Crippen molar-refractivity contribution >= 4 is 0 Å². The predicted octanol–water partition coefficient (Wildman–Crippen LogP) is 0.670. The van der Waals surface area contributed by atoms with Crippen molar-refractivity contribution in [3.8, 4) is 0 Å². The van der Waals surface area contributed by atoms with Crippen molar-refractivity contribution in [1.29, 1.82) is 0 Å². The van der Waals surface area contributed by atoms with E-state index in [0.29, 0.717) is 0 Å². The highest BCUT2D eigenvalue weighted by Gasteiger charge is 2.33. The summed E-state index contributed by atoms with van der Waals surface area (Å²) in [6.45, 7) is 7.75. The van der Waals surface area contributed by atoms with E-state index >= 15 is 0 Å². The van der Waals surface area contributed by atoms with Gasteiger partial charge in [0.2, 0.25) is 0 Å². The Labute approximate surface area is 99.0 Å². The molecule has 92 valence electrons. The second kappa shape index (κ2) is 5.03. The van der Waals surface area contributed by atoms with Gasteiger partial charge < -0.3 is 15.5 Å². The van der Waals surface area contributed by atoms with Crippen LogP contribution in [0.25, 0.3) is 0 Å². The van der Waals surface area contributed by atoms with E-state index < -0.39 is 0 Å². The molecule has 0 aromatic rings. The molecular formula is C13H25N3. The van der Waals surface area contributed by atoms with Gasteiger partial charge in [-0.15, -0.1) is 0 Å². The van der Waals surface area contributed by atoms with E-state index in [9.17, 15) is 0 Å². The lowest BCUT2D eigenvalue weighted by Gasteiger charge is -2.45. The number of fused-ring (bicyclic) bond motifs is 3. The molecule has 1 unspecified atom stereocenters. The summed E-state index contributed by atoms with van der Waals surface area (Å²) in [5, 5.41) is 7.30. The van der Waals surface area contributed by atoms with Gasteiger partial charge in [-0.25, -0.2) is 0 Å². The van der Waals surface area contributed by atoms with Gasteiger partial charge in [-0.3, -0.25) is 0 Å². The highest BCUT2D eigenvalue weighted by atomic mass is 15.2. The van der Waals surface area contributed by atoms with Crippen LogP contribution in [0.5, 0.6) is 0 Å².